The summed E-state index contributed by atoms with van der Waals surface area (Å²) in [6, 6.07) is 3.51. The van der Waals surface area contributed by atoms with Crippen LogP contribution in [-0.2, 0) is 11.2 Å². The van der Waals surface area contributed by atoms with Gasteiger partial charge in [0.15, 0.2) is 11.6 Å². The molecule has 1 aromatic rings. The van der Waals surface area contributed by atoms with Crippen LogP contribution in [0.3, 0.4) is 0 Å². The summed E-state index contributed by atoms with van der Waals surface area (Å²) in [6.45, 7) is 2.27. The third kappa shape index (κ3) is 4.90. The third-order valence-corrected chi connectivity index (χ3v) is 3.02. The predicted octanol–water partition coefficient (Wildman–Crippen LogP) is 1.96. The molecule has 0 bridgehead atoms. The second kappa shape index (κ2) is 7.97. The number of amides is 1. The van der Waals surface area contributed by atoms with Gasteiger partial charge in [-0.05, 0) is 30.7 Å². The van der Waals surface area contributed by atoms with Gasteiger partial charge in [0.1, 0.15) is 0 Å². The van der Waals surface area contributed by atoms with E-state index in [1.165, 1.54) is 11.6 Å². The number of benzene rings is 1. The van der Waals surface area contributed by atoms with Gasteiger partial charge in [0, 0.05) is 13.1 Å². The Morgan fingerprint density at radius 2 is 2.10 bits per heavy atom. The zero-order valence-corrected chi connectivity index (χ0v) is 11.7. The summed E-state index contributed by atoms with van der Waals surface area (Å²) in [5, 5.41) is 5.97. The first-order valence-corrected chi connectivity index (χ1v) is 6.24. The molecule has 0 aliphatic carbocycles. The number of rotatable bonds is 4. The van der Waals surface area contributed by atoms with Crippen LogP contribution in [-0.4, -0.2) is 25.5 Å². The molecular weight excluding hydrogens is 286 g/mol. The monoisotopic (exact) mass is 302 g/mol. The van der Waals surface area contributed by atoms with Crippen molar-refractivity contribution < 1.29 is 13.6 Å². The molecular formula is C14H17ClF2N2O. The zero-order chi connectivity index (χ0) is 13.7. The summed E-state index contributed by atoms with van der Waals surface area (Å²) in [5.74, 6) is -2.01. The van der Waals surface area contributed by atoms with Gasteiger partial charge in [-0.2, -0.15) is 0 Å². The van der Waals surface area contributed by atoms with Crippen LogP contribution in [0.5, 0.6) is 0 Å². The van der Waals surface area contributed by atoms with E-state index in [2.05, 4.69) is 16.7 Å². The van der Waals surface area contributed by atoms with E-state index in [0.717, 1.165) is 31.6 Å². The van der Waals surface area contributed by atoms with Crippen molar-refractivity contribution in [1.29, 1.82) is 0 Å². The van der Waals surface area contributed by atoms with E-state index < -0.39 is 11.6 Å². The summed E-state index contributed by atoms with van der Waals surface area (Å²) < 4.78 is 25.7. The van der Waals surface area contributed by atoms with Crippen molar-refractivity contribution in [3.8, 4) is 0 Å². The maximum Gasteiger partial charge on any atom is 0.224 e. The molecule has 0 saturated heterocycles. The summed E-state index contributed by atoms with van der Waals surface area (Å²) in [7, 11) is 0. The maximum atomic E-state index is 13.0. The van der Waals surface area contributed by atoms with Crippen molar-refractivity contribution in [3.63, 3.8) is 0 Å². The smallest absolute Gasteiger partial charge is 0.224 e. The standard InChI is InChI=1S/C14H16F2N2O.ClH/c15-12-2-1-11(7-13(12)16)8-14(19)18-9-10-3-5-17-6-4-10;/h1-3,7,17H,4-6,8-9H2,(H,18,19);1H. The van der Waals surface area contributed by atoms with E-state index in [9.17, 15) is 13.6 Å². The summed E-state index contributed by atoms with van der Waals surface area (Å²) in [6.07, 6.45) is 3.04. The van der Waals surface area contributed by atoms with Crippen molar-refractivity contribution in [2.45, 2.75) is 12.8 Å². The minimum absolute atomic E-state index is 0. The number of hydrogen-bond donors (Lipinski definition) is 2. The number of nitrogens with one attached hydrogen (secondary N) is 2. The molecule has 110 valence electrons. The molecule has 0 unspecified atom stereocenters. The molecule has 1 aromatic carbocycles. The first kappa shape index (κ1) is 16.6. The molecule has 0 radical (unpaired) electrons. The Hall–Kier alpha value is -1.46. The summed E-state index contributed by atoms with van der Waals surface area (Å²) in [5.41, 5.74) is 1.66. The summed E-state index contributed by atoms with van der Waals surface area (Å²) in [4.78, 5) is 11.7. The van der Waals surface area contributed by atoms with E-state index in [1.54, 1.807) is 0 Å². The summed E-state index contributed by atoms with van der Waals surface area (Å²) >= 11 is 0. The van der Waals surface area contributed by atoms with Crippen LogP contribution in [0.2, 0.25) is 0 Å². The van der Waals surface area contributed by atoms with Crippen molar-refractivity contribution in [2.75, 3.05) is 19.6 Å². The molecule has 2 rings (SSSR count). The number of carbonyl (C=O) groups is 1. The van der Waals surface area contributed by atoms with Gasteiger partial charge in [-0.1, -0.05) is 17.7 Å². The van der Waals surface area contributed by atoms with E-state index in [4.69, 9.17) is 0 Å². The Bertz CT molecular complexity index is 506. The van der Waals surface area contributed by atoms with Crippen LogP contribution < -0.4 is 10.6 Å². The van der Waals surface area contributed by atoms with Gasteiger partial charge in [-0.3, -0.25) is 4.79 Å². The van der Waals surface area contributed by atoms with Gasteiger partial charge >= 0.3 is 0 Å². The second-order valence-electron chi connectivity index (χ2n) is 4.52. The lowest BCUT2D eigenvalue weighted by molar-refractivity contribution is -0.120. The maximum absolute atomic E-state index is 13.0. The largest absolute Gasteiger partial charge is 0.352 e. The van der Waals surface area contributed by atoms with Gasteiger partial charge in [0.25, 0.3) is 0 Å². The van der Waals surface area contributed by atoms with E-state index in [1.807, 2.05) is 0 Å². The highest BCUT2D eigenvalue weighted by molar-refractivity contribution is 5.85. The van der Waals surface area contributed by atoms with Gasteiger partial charge in [-0.25, -0.2) is 8.78 Å². The fraction of sp³-hybridized carbons (Fsp3) is 0.357. The van der Waals surface area contributed by atoms with E-state index in [0.29, 0.717) is 12.1 Å². The first-order valence-electron chi connectivity index (χ1n) is 6.24. The lowest BCUT2D eigenvalue weighted by Gasteiger charge is -2.14. The minimum atomic E-state index is -0.925. The molecule has 1 amide bonds. The lowest BCUT2D eigenvalue weighted by atomic mass is 10.1. The van der Waals surface area contributed by atoms with E-state index >= 15 is 0 Å². The molecule has 0 fully saturated rings. The average molecular weight is 303 g/mol. The number of carbonyl (C=O) groups excluding carboxylic acids is 1. The molecule has 20 heavy (non-hydrogen) atoms. The SMILES string of the molecule is Cl.O=C(Cc1ccc(F)c(F)c1)NCC1=CCNCC1. The van der Waals surface area contributed by atoms with Crippen molar-refractivity contribution in [2.24, 2.45) is 0 Å². The van der Waals surface area contributed by atoms with Gasteiger partial charge in [0.2, 0.25) is 5.91 Å². The average Bonchev–Trinajstić information content (AvgIpc) is 2.42. The first-order chi connectivity index (χ1) is 9.15. The highest BCUT2D eigenvalue weighted by atomic mass is 35.5. The Morgan fingerprint density at radius 1 is 1.30 bits per heavy atom. The Labute approximate surface area is 122 Å². The van der Waals surface area contributed by atoms with Gasteiger partial charge in [0.05, 0.1) is 6.42 Å². The highest BCUT2D eigenvalue weighted by Gasteiger charge is 2.08. The zero-order valence-electron chi connectivity index (χ0n) is 10.9. The van der Waals surface area contributed by atoms with Crippen LogP contribution in [0.1, 0.15) is 12.0 Å². The van der Waals surface area contributed by atoms with Crippen LogP contribution in [0.15, 0.2) is 29.8 Å². The third-order valence-electron chi connectivity index (χ3n) is 3.02. The molecule has 1 aliphatic heterocycles. The second-order valence-corrected chi connectivity index (χ2v) is 4.52. The molecule has 0 saturated carbocycles. The molecule has 1 heterocycles. The van der Waals surface area contributed by atoms with Gasteiger partial charge < -0.3 is 10.6 Å². The Morgan fingerprint density at radius 3 is 2.75 bits per heavy atom. The fourth-order valence-electron chi connectivity index (χ4n) is 1.94. The highest BCUT2D eigenvalue weighted by Crippen LogP contribution is 2.09. The Kier molecular flexibility index (Phi) is 6.61. The van der Waals surface area contributed by atoms with Crippen LogP contribution in [0.4, 0.5) is 8.78 Å². The molecule has 3 nitrogen and oxygen atoms in total. The number of hydrogen-bond acceptors (Lipinski definition) is 2. The molecule has 0 atom stereocenters. The fourth-order valence-corrected chi connectivity index (χ4v) is 1.94. The van der Waals surface area contributed by atoms with Crippen LogP contribution in [0, 0.1) is 11.6 Å². The van der Waals surface area contributed by atoms with Crippen LogP contribution in [0.25, 0.3) is 0 Å². The molecule has 1 aliphatic rings. The van der Waals surface area contributed by atoms with Crippen molar-refractivity contribution >= 4 is 18.3 Å². The lowest BCUT2D eigenvalue weighted by Crippen LogP contribution is -2.30. The molecule has 0 aromatic heterocycles. The predicted molar refractivity (Wildman–Crippen MR) is 75.9 cm³/mol. The number of halogens is 3. The quantitative estimate of drug-likeness (QED) is 0.835. The topological polar surface area (TPSA) is 41.1 Å². The minimum Gasteiger partial charge on any atom is -0.352 e. The molecule has 6 heteroatoms. The van der Waals surface area contributed by atoms with Crippen LogP contribution >= 0.6 is 12.4 Å². The van der Waals surface area contributed by atoms with Crippen molar-refractivity contribution in [1.82, 2.24) is 10.6 Å². The molecule has 2 N–H and O–H groups in total. The van der Waals surface area contributed by atoms with Crippen molar-refractivity contribution in [3.05, 3.63) is 47.0 Å². The molecule has 0 spiro atoms. The van der Waals surface area contributed by atoms with E-state index in [-0.39, 0.29) is 24.7 Å². The normalized spacial score (nSPS) is 14.2. The van der Waals surface area contributed by atoms with Gasteiger partial charge in [-0.15, -0.1) is 12.4 Å². The Balaban J connectivity index is 0.00000200.